The van der Waals surface area contributed by atoms with Crippen molar-refractivity contribution in [3.8, 4) is 0 Å². The van der Waals surface area contributed by atoms with Gasteiger partial charge in [0.1, 0.15) is 0 Å². The molecule has 0 bridgehead atoms. The molecule has 0 unspecified atom stereocenters. The number of rotatable bonds is 5. The number of carbonyl (C=O) groups excluding carboxylic acids is 1. The molecule has 3 rings (SSSR count). The second kappa shape index (κ2) is 11.9. The third kappa shape index (κ3) is 6.80. The summed E-state index contributed by atoms with van der Waals surface area (Å²) in [5, 5.41) is 6.88. The van der Waals surface area contributed by atoms with E-state index in [1.165, 1.54) is 11.3 Å². The summed E-state index contributed by atoms with van der Waals surface area (Å²) in [4.78, 5) is 20.3. The monoisotopic (exact) mass is 513 g/mol. The van der Waals surface area contributed by atoms with Crippen LogP contribution in [-0.4, -0.2) is 62.8 Å². The summed E-state index contributed by atoms with van der Waals surface area (Å²) in [5.41, 5.74) is 2.48. The fourth-order valence-corrected chi connectivity index (χ4v) is 3.55. The van der Waals surface area contributed by atoms with Crippen molar-refractivity contribution in [2.24, 2.45) is 4.99 Å². The van der Waals surface area contributed by atoms with Gasteiger partial charge < -0.3 is 25.2 Å². The lowest BCUT2D eigenvalue weighted by Gasteiger charge is -2.32. The van der Waals surface area contributed by atoms with Crippen LogP contribution in [0.2, 0.25) is 0 Å². The van der Waals surface area contributed by atoms with Gasteiger partial charge in [-0.15, -0.1) is 24.0 Å². The Morgan fingerprint density at radius 3 is 2.62 bits per heavy atom. The number of anilines is 1. The van der Waals surface area contributed by atoms with E-state index in [0.717, 1.165) is 38.4 Å². The van der Waals surface area contributed by atoms with Crippen LogP contribution in [0.15, 0.2) is 41.4 Å². The Morgan fingerprint density at radius 2 is 1.97 bits per heavy atom. The zero-order valence-corrected chi connectivity index (χ0v) is 19.6. The van der Waals surface area contributed by atoms with Crippen molar-refractivity contribution < 1.29 is 9.53 Å². The highest BCUT2D eigenvalue weighted by molar-refractivity contribution is 14.0. The van der Waals surface area contributed by atoms with Crippen molar-refractivity contribution in [1.29, 1.82) is 0 Å². The molecule has 0 spiro atoms. The van der Waals surface area contributed by atoms with Crippen LogP contribution in [0.25, 0.3) is 0 Å². The van der Waals surface area contributed by atoms with Gasteiger partial charge in [0.15, 0.2) is 5.96 Å². The number of hydrogen-bond acceptors (Lipinski definition) is 4. The summed E-state index contributed by atoms with van der Waals surface area (Å²) in [6.07, 6.45) is 5.96. The van der Waals surface area contributed by atoms with Gasteiger partial charge in [0.25, 0.3) is 0 Å². The van der Waals surface area contributed by atoms with Crippen LogP contribution >= 0.6 is 24.0 Å². The predicted molar refractivity (Wildman–Crippen MR) is 128 cm³/mol. The van der Waals surface area contributed by atoms with Crippen LogP contribution in [0.3, 0.4) is 0 Å². The minimum atomic E-state index is -0.212. The second-order valence-electron chi connectivity index (χ2n) is 7.08. The van der Waals surface area contributed by atoms with Crippen molar-refractivity contribution in [1.82, 2.24) is 15.5 Å². The number of amides is 1. The minimum absolute atomic E-state index is 0. The Labute approximate surface area is 190 Å². The van der Waals surface area contributed by atoms with E-state index in [1.807, 2.05) is 6.92 Å². The molecule has 1 aromatic rings. The Hall–Kier alpha value is -1.97. The Kier molecular flexibility index (Phi) is 9.56. The molecule has 1 saturated heterocycles. The first-order valence-electron chi connectivity index (χ1n) is 10.1. The van der Waals surface area contributed by atoms with E-state index in [-0.39, 0.29) is 30.1 Å². The first-order chi connectivity index (χ1) is 13.7. The van der Waals surface area contributed by atoms with Crippen LogP contribution in [0.1, 0.15) is 25.3 Å². The molecule has 1 fully saturated rings. The third-order valence-corrected chi connectivity index (χ3v) is 5.14. The molecule has 1 amide bonds. The standard InChI is InChI=1S/C21H31N5O2.HI/c1-3-28-21(27)26-13-9-18(10-14-26)24-20(22-2)23-16-17-7-6-8-19(15-17)25-11-4-5-12-25;/h4-8,15,18H,3,9-14,16H2,1-2H3,(H2,22,23,24);1H. The zero-order chi connectivity index (χ0) is 19.8. The maximum Gasteiger partial charge on any atom is 0.409 e. The van der Waals surface area contributed by atoms with Gasteiger partial charge in [0.2, 0.25) is 0 Å². The number of hydrogen-bond donors (Lipinski definition) is 2. The van der Waals surface area contributed by atoms with Gasteiger partial charge in [-0.25, -0.2) is 4.79 Å². The molecule has 2 N–H and O–H groups in total. The molecule has 8 heteroatoms. The van der Waals surface area contributed by atoms with Gasteiger partial charge in [-0.2, -0.15) is 0 Å². The summed E-state index contributed by atoms with van der Waals surface area (Å²) in [6, 6.07) is 8.92. The molecular formula is C21H32IN5O2. The maximum absolute atomic E-state index is 11.8. The van der Waals surface area contributed by atoms with Crippen LogP contribution in [0.5, 0.6) is 0 Å². The topological polar surface area (TPSA) is 69.2 Å². The summed E-state index contributed by atoms with van der Waals surface area (Å²) in [5.74, 6) is 0.794. The molecule has 2 heterocycles. The van der Waals surface area contributed by atoms with Crippen molar-refractivity contribution >= 4 is 41.7 Å². The largest absolute Gasteiger partial charge is 0.450 e. The maximum atomic E-state index is 11.8. The molecular weight excluding hydrogens is 481 g/mol. The number of guanidine groups is 1. The first-order valence-corrected chi connectivity index (χ1v) is 10.1. The van der Waals surface area contributed by atoms with Crippen molar-refractivity contribution in [2.75, 3.05) is 44.7 Å². The molecule has 0 aromatic heterocycles. The molecule has 7 nitrogen and oxygen atoms in total. The van der Waals surface area contributed by atoms with E-state index < -0.39 is 0 Å². The lowest BCUT2D eigenvalue weighted by Crippen LogP contribution is -2.49. The minimum Gasteiger partial charge on any atom is -0.450 e. The SMILES string of the molecule is CCOC(=O)N1CCC(NC(=NC)NCc2cccc(N3CC=CC3)c2)CC1.I. The second-order valence-corrected chi connectivity index (χ2v) is 7.08. The van der Waals surface area contributed by atoms with E-state index in [4.69, 9.17) is 4.74 Å². The molecule has 1 aromatic carbocycles. The zero-order valence-electron chi connectivity index (χ0n) is 17.3. The van der Waals surface area contributed by atoms with Gasteiger partial charge in [-0.05, 0) is 37.5 Å². The van der Waals surface area contributed by atoms with E-state index in [0.29, 0.717) is 25.7 Å². The predicted octanol–water partition coefficient (Wildman–Crippen LogP) is 2.97. The lowest BCUT2D eigenvalue weighted by atomic mass is 10.1. The number of piperidine rings is 1. The summed E-state index contributed by atoms with van der Waals surface area (Å²) in [6.45, 7) is 6.34. The van der Waals surface area contributed by atoms with Gasteiger partial charge in [-0.3, -0.25) is 4.99 Å². The van der Waals surface area contributed by atoms with Crippen molar-refractivity contribution in [3.05, 3.63) is 42.0 Å². The Morgan fingerprint density at radius 1 is 1.24 bits per heavy atom. The van der Waals surface area contributed by atoms with Crippen LogP contribution in [-0.2, 0) is 11.3 Å². The number of aliphatic imine (C=N–C) groups is 1. The summed E-state index contributed by atoms with van der Waals surface area (Å²) in [7, 11) is 1.79. The first kappa shape index (κ1) is 23.3. The van der Waals surface area contributed by atoms with Crippen molar-refractivity contribution in [3.63, 3.8) is 0 Å². The number of ether oxygens (including phenoxy) is 1. The highest BCUT2D eigenvalue weighted by atomic mass is 127. The van der Waals surface area contributed by atoms with Gasteiger partial charge >= 0.3 is 6.09 Å². The molecule has 0 aliphatic carbocycles. The molecule has 0 saturated carbocycles. The Bertz CT molecular complexity index is 709. The number of benzene rings is 1. The summed E-state index contributed by atoms with van der Waals surface area (Å²) < 4.78 is 5.08. The number of halogens is 1. The quantitative estimate of drug-likeness (QED) is 0.274. The van der Waals surface area contributed by atoms with Crippen LogP contribution in [0.4, 0.5) is 10.5 Å². The molecule has 0 radical (unpaired) electrons. The van der Waals surface area contributed by atoms with Crippen LogP contribution < -0.4 is 15.5 Å². The number of carbonyl (C=O) groups is 1. The molecule has 29 heavy (non-hydrogen) atoms. The highest BCUT2D eigenvalue weighted by Crippen LogP contribution is 2.18. The fourth-order valence-electron chi connectivity index (χ4n) is 3.55. The van der Waals surface area contributed by atoms with E-state index >= 15 is 0 Å². The summed E-state index contributed by atoms with van der Waals surface area (Å²) >= 11 is 0. The van der Waals surface area contributed by atoms with Crippen molar-refractivity contribution in [2.45, 2.75) is 32.4 Å². The normalized spacial score (nSPS) is 17.1. The Balaban J connectivity index is 0.00000300. The van der Waals surface area contributed by atoms with E-state index in [2.05, 4.69) is 56.9 Å². The molecule has 2 aliphatic rings. The average molecular weight is 513 g/mol. The molecule has 2 aliphatic heterocycles. The van der Waals surface area contributed by atoms with E-state index in [1.54, 1.807) is 11.9 Å². The van der Waals surface area contributed by atoms with Gasteiger partial charge in [-0.1, -0.05) is 24.3 Å². The number of nitrogens with one attached hydrogen (secondary N) is 2. The van der Waals surface area contributed by atoms with Crippen LogP contribution in [0, 0.1) is 0 Å². The van der Waals surface area contributed by atoms with E-state index in [9.17, 15) is 4.79 Å². The highest BCUT2D eigenvalue weighted by Gasteiger charge is 2.24. The molecule has 0 atom stereocenters. The number of likely N-dealkylation sites (tertiary alicyclic amines) is 1. The third-order valence-electron chi connectivity index (χ3n) is 5.14. The average Bonchev–Trinajstić information content (AvgIpc) is 3.27. The molecule has 160 valence electrons. The lowest BCUT2D eigenvalue weighted by molar-refractivity contribution is 0.0963. The number of nitrogens with zero attached hydrogens (tertiary/aromatic N) is 3. The van der Waals surface area contributed by atoms with Gasteiger partial charge in [0, 0.05) is 51.5 Å². The van der Waals surface area contributed by atoms with Gasteiger partial charge in [0.05, 0.1) is 6.61 Å². The fraction of sp³-hybridized carbons (Fsp3) is 0.524. The smallest absolute Gasteiger partial charge is 0.409 e.